The van der Waals surface area contributed by atoms with E-state index in [-0.39, 0.29) is 17.9 Å². The van der Waals surface area contributed by atoms with Gasteiger partial charge in [-0.15, -0.1) is 0 Å². The summed E-state index contributed by atoms with van der Waals surface area (Å²) in [4.78, 5) is 23.6. The van der Waals surface area contributed by atoms with Crippen molar-refractivity contribution in [1.29, 1.82) is 0 Å². The Bertz CT molecular complexity index is 725. The standard InChI is InChI=1S/C15H16BrN3O2/c1-10-6-13(16)9-19(15(10)21)8-12-5-3-2-4-11(12)7-14(20)18-17/h2-6,9H,7-8,17H2,1H3,(H,18,20). The zero-order chi connectivity index (χ0) is 15.4. The number of nitrogens with zero attached hydrogens (tertiary/aromatic N) is 1. The van der Waals surface area contributed by atoms with Crippen molar-refractivity contribution < 1.29 is 4.79 Å². The normalized spacial score (nSPS) is 10.4. The average Bonchev–Trinajstić information content (AvgIpc) is 2.46. The summed E-state index contributed by atoms with van der Waals surface area (Å²) in [6.45, 7) is 2.19. The molecule has 6 heteroatoms. The van der Waals surface area contributed by atoms with E-state index in [0.29, 0.717) is 12.1 Å². The van der Waals surface area contributed by atoms with Crippen molar-refractivity contribution in [2.45, 2.75) is 19.9 Å². The second-order valence-corrected chi connectivity index (χ2v) is 5.70. The molecule has 0 unspecified atom stereocenters. The summed E-state index contributed by atoms with van der Waals surface area (Å²) in [5.41, 5.74) is 4.51. The Labute approximate surface area is 130 Å². The van der Waals surface area contributed by atoms with Crippen molar-refractivity contribution in [3.63, 3.8) is 0 Å². The number of benzene rings is 1. The number of hydrogen-bond donors (Lipinski definition) is 2. The fraction of sp³-hybridized carbons (Fsp3) is 0.200. The fourth-order valence-electron chi connectivity index (χ4n) is 2.15. The van der Waals surface area contributed by atoms with E-state index < -0.39 is 0 Å². The van der Waals surface area contributed by atoms with Gasteiger partial charge in [0.15, 0.2) is 0 Å². The Balaban J connectivity index is 2.36. The second-order valence-electron chi connectivity index (χ2n) is 4.79. The van der Waals surface area contributed by atoms with Crippen LogP contribution in [0.5, 0.6) is 0 Å². The van der Waals surface area contributed by atoms with Gasteiger partial charge in [-0.1, -0.05) is 24.3 Å². The Kier molecular flexibility index (Phi) is 4.93. The molecule has 2 rings (SSSR count). The lowest BCUT2D eigenvalue weighted by molar-refractivity contribution is -0.120. The van der Waals surface area contributed by atoms with Gasteiger partial charge in [-0.05, 0) is 40.0 Å². The van der Waals surface area contributed by atoms with Crippen molar-refractivity contribution in [2.24, 2.45) is 5.84 Å². The summed E-state index contributed by atoms with van der Waals surface area (Å²) >= 11 is 3.39. The fourth-order valence-corrected chi connectivity index (χ4v) is 2.74. The molecule has 1 amide bonds. The van der Waals surface area contributed by atoms with Crippen LogP contribution in [-0.4, -0.2) is 10.5 Å². The SMILES string of the molecule is Cc1cc(Br)cn(Cc2ccccc2CC(=O)NN)c1=O. The molecule has 0 radical (unpaired) electrons. The van der Waals surface area contributed by atoms with Gasteiger partial charge in [0.1, 0.15) is 0 Å². The average molecular weight is 350 g/mol. The van der Waals surface area contributed by atoms with E-state index in [1.165, 1.54) is 0 Å². The predicted molar refractivity (Wildman–Crippen MR) is 84.7 cm³/mol. The molecule has 1 heterocycles. The van der Waals surface area contributed by atoms with Crippen molar-refractivity contribution in [3.8, 4) is 0 Å². The molecule has 1 aromatic heterocycles. The van der Waals surface area contributed by atoms with Gasteiger partial charge in [0.25, 0.3) is 5.56 Å². The minimum Gasteiger partial charge on any atom is -0.310 e. The summed E-state index contributed by atoms with van der Waals surface area (Å²) in [7, 11) is 0. The van der Waals surface area contributed by atoms with Gasteiger partial charge in [-0.3, -0.25) is 15.0 Å². The van der Waals surface area contributed by atoms with E-state index in [2.05, 4.69) is 21.4 Å². The number of nitrogens with two attached hydrogens (primary N) is 1. The molecule has 0 bridgehead atoms. The minimum absolute atomic E-state index is 0.0451. The van der Waals surface area contributed by atoms with Crippen LogP contribution in [0.3, 0.4) is 0 Å². The van der Waals surface area contributed by atoms with Gasteiger partial charge in [-0.25, -0.2) is 5.84 Å². The number of rotatable bonds is 4. The largest absolute Gasteiger partial charge is 0.310 e. The number of pyridine rings is 1. The molecule has 0 aliphatic carbocycles. The first-order chi connectivity index (χ1) is 10.0. The van der Waals surface area contributed by atoms with Gasteiger partial charge in [0.2, 0.25) is 5.91 Å². The number of aryl methyl sites for hydroxylation is 1. The molecule has 0 saturated carbocycles. The molecular formula is C15H16BrN3O2. The first-order valence-electron chi connectivity index (χ1n) is 6.44. The predicted octanol–water partition coefficient (Wildman–Crippen LogP) is 1.50. The Hall–Kier alpha value is -1.92. The van der Waals surface area contributed by atoms with Crippen LogP contribution in [-0.2, 0) is 17.8 Å². The molecular weight excluding hydrogens is 334 g/mol. The molecule has 110 valence electrons. The zero-order valence-electron chi connectivity index (χ0n) is 11.6. The lowest BCUT2D eigenvalue weighted by Crippen LogP contribution is -2.32. The quantitative estimate of drug-likeness (QED) is 0.498. The minimum atomic E-state index is -0.264. The molecule has 0 fully saturated rings. The van der Waals surface area contributed by atoms with Gasteiger partial charge in [-0.2, -0.15) is 0 Å². The highest BCUT2D eigenvalue weighted by molar-refractivity contribution is 9.10. The zero-order valence-corrected chi connectivity index (χ0v) is 13.2. The van der Waals surface area contributed by atoms with E-state index in [1.807, 2.05) is 24.3 Å². The van der Waals surface area contributed by atoms with Crippen molar-refractivity contribution in [3.05, 3.63) is 68.0 Å². The Morgan fingerprint density at radius 1 is 1.33 bits per heavy atom. The van der Waals surface area contributed by atoms with Crippen LogP contribution in [0.2, 0.25) is 0 Å². The molecule has 0 saturated heterocycles. The highest BCUT2D eigenvalue weighted by atomic mass is 79.9. The molecule has 0 aliphatic heterocycles. The second kappa shape index (κ2) is 6.69. The van der Waals surface area contributed by atoms with Gasteiger partial charge < -0.3 is 4.57 Å². The maximum Gasteiger partial charge on any atom is 0.253 e. The molecule has 0 atom stereocenters. The van der Waals surface area contributed by atoms with Crippen LogP contribution in [0.25, 0.3) is 0 Å². The number of halogens is 1. The summed E-state index contributed by atoms with van der Waals surface area (Å²) in [5.74, 6) is 4.86. The third-order valence-corrected chi connectivity index (χ3v) is 3.64. The highest BCUT2D eigenvalue weighted by Gasteiger charge is 2.09. The van der Waals surface area contributed by atoms with Gasteiger partial charge in [0, 0.05) is 16.2 Å². The van der Waals surface area contributed by atoms with Gasteiger partial charge >= 0.3 is 0 Å². The van der Waals surface area contributed by atoms with Crippen LogP contribution >= 0.6 is 15.9 Å². The Morgan fingerprint density at radius 3 is 2.67 bits per heavy atom. The summed E-state index contributed by atoms with van der Waals surface area (Å²) < 4.78 is 2.47. The molecule has 21 heavy (non-hydrogen) atoms. The van der Waals surface area contributed by atoms with Crippen LogP contribution in [0.15, 0.2) is 45.8 Å². The van der Waals surface area contributed by atoms with Crippen molar-refractivity contribution in [2.75, 3.05) is 0 Å². The van der Waals surface area contributed by atoms with E-state index in [9.17, 15) is 9.59 Å². The van der Waals surface area contributed by atoms with Crippen LogP contribution in [0.1, 0.15) is 16.7 Å². The number of nitrogens with one attached hydrogen (secondary N) is 1. The first-order valence-corrected chi connectivity index (χ1v) is 7.23. The smallest absolute Gasteiger partial charge is 0.253 e. The summed E-state index contributed by atoms with van der Waals surface area (Å²) in [5, 5.41) is 0. The molecule has 1 aromatic carbocycles. The van der Waals surface area contributed by atoms with Crippen molar-refractivity contribution >= 4 is 21.8 Å². The summed E-state index contributed by atoms with van der Waals surface area (Å²) in [6.07, 6.45) is 1.93. The van der Waals surface area contributed by atoms with Crippen LogP contribution in [0.4, 0.5) is 0 Å². The molecule has 0 aliphatic rings. The maximum atomic E-state index is 12.2. The number of hydrogen-bond acceptors (Lipinski definition) is 3. The molecule has 2 aromatic rings. The topological polar surface area (TPSA) is 77.1 Å². The summed E-state index contributed by atoms with van der Waals surface area (Å²) in [6, 6.07) is 9.29. The van der Waals surface area contributed by atoms with Crippen molar-refractivity contribution in [1.82, 2.24) is 9.99 Å². The van der Waals surface area contributed by atoms with E-state index in [0.717, 1.165) is 15.6 Å². The number of carbonyl (C=O) groups is 1. The molecule has 5 nitrogen and oxygen atoms in total. The van der Waals surface area contributed by atoms with E-state index in [4.69, 9.17) is 5.84 Å². The lowest BCUT2D eigenvalue weighted by Gasteiger charge is -2.12. The lowest BCUT2D eigenvalue weighted by atomic mass is 10.0. The Morgan fingerprint density at radius 2 is 2.00 bits per heavy atom. The number of aromatic nitrogens is 1. The maximum absolute atomic E-state index is 12.2. The molecule has 3 N–H and O–H groups in total. The number of hydrazine groups is 1. The van der Waals surface area contributed by atoms with Crippen LogP contribution < -0.4 is 16.8 Å². The molecule has 0 spiro atoms. The number of amides is 1. The monoisotopic (exact) mass is 349 g/mol. The third-order valence-electron chi connectivity index (χ3n) is 3.20. The third kappa shape index (κ3) is 3.80. The first kappa shape index (κ1) is 15.5. The highest BCUT2D eigenvalue weighted by Crippen LogP contribution is 2.13. The van der Waals surface area contributed by atoms with E-state index >= 15 is 0 Å². The number of carbonyl (C=O) groups excluding carboxylic acids is 1. The van der Waals surface area contributed by atoms with Gasteiger partial charge in [0.05, 0.1) is 13.0 Å². The van der Waals surface area contributed by atoms with Crippen LogP contribution in [0, 0.1) is 6.92 Å². The van der Waals surface area contributed by atoms with E-state index in [1.54, 1.807) is 23.8 Å².